The molecule has 1 fully saturated rings. The summed E-state index contributed by atoms with van der Waals surface area (Å²) in [5.74, 6) is 0. The fourth-order valence-corrected chi connectivity index (χ4v) is 3.83. The van der Waals surface area contributed by atoms with E-state index in [1.54, 1.807) is 0 Å². The Labute approximate surface area is 128 Å². The van der Waals surface area contributed by atoms with Gasteiger partial charge in [0, 0.05) is 38.0 Å². The summed E-state index contributed by atoms with van der Waals surface area (Å²) < 4.78 is 5.64. The predicted octanol–water partition coefficient (Wildman–Crippen LogP) is 3.33. The molecule has 1 aromatic rings. The maximum absolute atomic E-state index is 5.64. The fourth-order valence-electron chi connectivity index (χ4n) is 3.83. The van der Waals surface area contributed by atoms with Gasteiger partial charge in [0.25, 0.3) is 0 Å². The Morgan fingerprint density at radius 3 is 2.95 bits per heavy atom. The molecule has 1 N–H and O–H groups in total. The molecule has 0 aromatic heterocycles. The van der Waals surface area contributed by atoms with Crippen LogP contribution < -0.4 is 10.2 Å². The zero-order valence-corrected chi connectivity index (χ0v) is 13.3. The van der Waals surface area contributed by atoms with E-state index in [0.717, 1.165) is 13.1 Å². The quantitative estimate of drug-likeness (QED) is 0.923. The maximum Gasteiger partial charge on any atom is 0.0591 e. The summed E-state index contributed by atoms with van der Waals surface area (Å²) in [5, 5.41) is 3.71. The van der Waals surface area contributed by atoms with Crippen molar-refractivity contribution in [2.24, 2.45) is 0 Å². The average Bonchev–Trinajstić information content (AvgIpc) is 2.74. The third-order valence-electron chi connectivity index (χ3n) is 5.16. The zero-order valence-electron chi connectivity index (χ0n) is 13.3. The lowest BCUT2D eigenvalue weighted by atomic mass is 9.90. The summed E-state index contributed by atoms with van der Waals surface area (Å²) in [6, 6.07) is 10.1. The number of hydrogen-bond acceptors (Lipinski definition) is 3. The van der Waals surface area contributed by atoms with Crippen LogP contribution in [0.15, 0.2) is 24.3 Å². The molecular formula is C18H28N2O. The normalized spacial score (nSPS) is 29.8. The van der Waals surface area contributed by atoms with Gasteiger partial charge in [-0.15, -0.1) is 0 Å². The number of methoxy groups -OCH3 is 1. The van der Waals surface area contributed by atoms with Crippen molar-refractivity contribution in [2.75, 3.05) is 18.6 Å². The summed E-state index contributed by atoms with van der Waals surface area (Å²) in [5.41, 5.74) is 2.87. The highest BCUT2D eigenvalue weighted by Gasteiger charge is 2.30. The molecule has 3 heteroatoms. The molecule has 0 bridgehead atoms. The molecule has 2 aliphatic rings. The van der Waals surface area contributed by atoms with Gasteiger partial charge in [0.1, 0.15) is 0 Å². The van der Waals surface area contributed by atoms with Crippen molar-refractivity contribution in [3.05, 3.63) is 29.8 Å². The lowest BCUT2D eigenvalue weighted by Crippen LogP contribution is -2.46. The first-order chi connectivity index (χ1) is 10.3. The van der Waals surface area contributed by atoms with Gasteiger partial charge < -0.3 is 15.0 Å². The summed E-state index contributed by atoms with van der Waals surface area (Å²) in [6.45, 7) is 4.39. The van der Waals surface area contributed by atoms with Gasteiger partial charge in [-0.2, -0.15) is 0 Å². The number of hydrogen-bond donors (Lipinski definition) is 1. The fraction of sp³-hybridized carbons (Fsp3) is 0.667. The van der Waals surface area contributed by atoms with E-state index in [1.165, 1.54) is 43.4 Å². The van der Waals surface area contributed by atoms with Crippen molar-refractivity contribution < 1.29 is 4.74 Å². The molecule has 1 heterocycles. The van der Waals surface area contributed by atoms with Crippen molar-refractivity contribution in [2.45, 2.75) is 63.8 Å². The van der Waals surface area contributed by atoms with E-state index < -0.39 is 0 Å². The lowest BCUT2D eigenvalue weighted by molar-refractivity contribution is 0.0629. The molecule has 116 valence electrons. The minimum absolute atomic E-state index is 0.437. The minimum atomic E-state index is 0.437. The van der Waals surface area contributed by atoms with Crippen molar-refractivity contribution in [1.29, 1.82) is 0 Å². The highest BCUT2D eigenvalue weighted by Crippen LogP contribution is 2.32. The molecular weight excluding hydrogens is 260 g/mol. The van der Waals surface area contributed by atoms with Gasteiger partial charge in [-0.1, -0.05) is 25.1 Å². The van der Waals surface area contributed by atoms with Crippen LogP contribution in [0.25, 0.3) is 0 Å². The lowest BCUT2D eigenvalue weighted by Gasteiger charge is -2.39. The zero-order chi connectivity index (χ0) is 14.7. The smallest absolute Gasteiger partial charge is 0.0591 e. The van der Waals surface area contributed by atoms with E-state index in [9.17, 15) is 0 Å². The molecule has 3 nitrogen and oxygen atoms in total. The number of ether oxygens (including phenoxy) is 1. The average molecular weight is 288 g/mol. The van der Waals surface area contributed by atoms with Crippen LogP contribution in [-0.2, 0) is 11.3 Å². The van der Waals surface area contributed by atoms with E-state index >= 15 is 0 Å². The van der Waals surface area contributed by atoms with E-state index in [-0.39, 0.29) is 0 Å². The topological polar surface area (TPSA) is 24.5 Å². The molecule has 3 atom stereocenters. The molecule has 3 unspecified atom stereocenters. The van der Waals surface area contributed by atoms with Crippen molar-refractivity contribution in [1.82, 2.24) is 5.32 Å². The Hall–Kier alpha value is -1.06. The summed E-state index contributed by atoms with van der Waals surface area (Å²) >= 11 is 0. The molecule has 0 amide bonds. The van der Waals surface area contributed by atoms with Crippen LogP contribution in [0.3, 0.4) is 0 Å². The Morgan fingerprint density at radius 1 is 1.29 bits per heavy atom. The van der Waals surface area contributed by atoms with Crippen LogP contribution in [0.1, 0.15) is 44.6 Å². The van der Waals surface area contributed by atoms with Gasteiger partial charge in [0.15, 0.2) is 0 Å². The van der Waals surface area contributed by atoms with E-state index in [2.05, 4.69) is 41.4 Å². The van der Waals surface area contributed by atoms with E-state index in [4.69, 9.17) is 4.74 Å². The van der Waals surface area contributed by atoms with Crippen LogP contribution in [0, 0.1) is 0 Å². The third-order valence-corrected chi connectivity index (χ3v) is 5.16. The van der Waals surface area contributed by atoms with Crippen molar-refractivity contribution >= 4 is 5.69 Å². The number of benzene rings is 1. The van der Waals surface area contributed by atoms with Crippen LogP contribution in [0.2, 0.25) is 0 Å². The third kappa shape index (κ3) is 3.24. The van der Waals surface area contributed by atoms with Gasteiger partial charge in [-0.25, -0.2) is 0 Å². The molecule has 21 heavy (non-hydrogen) atoms. The largest absolute Gasteiger partial charge is 0.381 e. The SMILES string of the molecule is CCC1CN(C2CCCC(OC)C2)c2ccccc2CN1. The Balaban J connectivity index is 1.86. The molecule has 3 rings (SSSR count). The van der Waals surface area contributed by atoms with Gasteiger partial charge >= 0.3 is 0 Å². The molecule has 0 radical (unpaired) electrons. The molecule has 1 saturated carbocycles. The van der Waals surface area contributed by atoms with Gasteiger partial charge in [-0.05, 0) is 43.7 Å². The highest BCUT2D eigenvalue weighted by atomic mass is 16.5. The summed E-state index contributed by atoms with van der Waals surface area (Å²) in [7, 11) is 1.86. The van der Waals surface area contributed by atoms with Crippen LogP contribution >= 0.6 is 0 Å². The molecule has 0 saturated heterocycles. The van der Waals surface area contributed by atoms with Crippen LogP contribution in [0.4, 0.5) is 5.69 Å². The minimum Gasteiger partial charge on any atom is -0.381 e. The Morgan fingerprint density at radius 2 is 2.14 bits per heavy atom. The van der Waals surface area contributed by atoms with Gasteiger partial charge in [0.05, 0.1) is 6.10 Å². The Kier molecular flexibility index (Phi) is 4.81. The van der Waals surface area contributed by atoms with Gasteiger partial charge in [0.2, 0.25) is 0 Å². The maximum atomic E-state index is 5.64. The Bertz CT molecular complexity index is 462. The van der Waals surface area contributed by atoms with E-state index in [0.29, 0.717) is 18.2 Å². The first-order valence-electron chi connectivity index (χ1n) is 8.42. The first-order valence-corrected chi connectivity index (χ1v) is 8.42. The van der Waals surface area contributed by atoms with Crippen LogP contribution in [0.5, 0.6) is 0 Å². The number of anilines is 1. The number of nitrogens with zero attached hydrogens (tertiary/aromatic N) is 1. The van der Waals surface area contributed by atoms with Gasteiger partial charge in [-0.3, -0.25) is 0 Å². The predicted molar refractivity (Wildman–Crippen MR) is 87.8 cm³/mol. The number of fused-ring (bicyclic) bond motifs is 1. The molecule has 1 aromatic carbocycles. The molecule has 1 aliphatic carbocycles. The second-order valence-corrected chi connectivity index (χ2v) is 6.45. The van der Waals surface area contributed by atoms with E-state index in [1.807, 2.05) is 7.11 Å². The van der Waals surface area contributed by atoms with Crippen molar-refractivity contribution in [3.8, 4) is 0 Å². The second kappa shape index (κ2) is 6.80. The number of rotatable bonds is 3. The molecule has 1 aliphatic heterocycles. The number of para-hydroxylation sites is 1. The van der Waals surface area contributed by atoms with Crippen molar-refractivity contribution in [3.63, 3.8) is 0 Å². The first kappa shape index (κ1) is 14.9. The summed E-state index contributed by atoms with van der Waals surface area (Å²) in [6.07, 6.45) is 6.59. The monoisotopic (exact) mass is 288 g/mol. The summed E-state index contributed by atoms with van der Waals surface area (Å²) in [4.78, 5) is 2.66. The number of nitrogens with one attached hydrogen (secondary N) is 1. The second-order valence-electron chi connectivity index (χ2n) is 6.45. The standard InChI is InChI=1S/C18H28N2O/c1-3-15-13-20(16-8-6-9-17(11-16)21-2)18-10-5-4-7-14(18)12-19-15/h4-5,7,10,15-17,19H,3,6,8-9,11-13H2,1-2H3. The highest BCUT2D eigenvalue weighted by molar-refractivity contribution is 5.55. The van der Waals surface area contributed by atoms with Crippen LogP contribution in [-0.4, -0.2) is 31.8 Å². The molecule has 0 spiro atoms.